The summed E-state index contributed by atoms with van der Waals surface area (Å²) in [6.45, 7) is 5.03. The van der Waals surface area contributed by atoms with Crippen molar-refractivity contribution in [3.05, 3.63) is 22.7 Å². The Labute approximate surface area is 130 Å². The third kappa shape index (κ3) is 3.41. The number of benzene rings is 1. The average molecular weight is 312 g/mol. The lowest BCUT2D eigenvalue weighted by Crippen LogP contribution is -2.39. The number of anilines is 2. The molecule has 0 bridgehead atoms. The van der Waals surface area contributed by atoms with Crippen molar-refractivity contribution < 1.29 is 9.90 Å². The van der Waals surface area contributed by atoms with Gasteiger partial charge in [-0.2, -0.15) is 0 Å². The van der Waals surface area contributed by atoms with Crippen molar-refractivity contribution in [3.8, 4) is 0 Å². The minimum Gasteiger partial charge on any atom is -0.478 e. The van der Waals surface area contributed by atoms with Crippen molar-refractivity contribution in [2.75, 3.05) is 37.3 Å². The number of carbonyl (C=O) groups is 1. The number of nitrogens with zero attached hydrogens (tertiary/aromatic N) is 2. The molecule has 6 heteroatoms. The largest absolute Gasteiger partial charge is 0.478 e. The van der Waals surface area contributed by atoms with Crippen LogP contribution >= 0.6 is 11.6 Å². The van der Waals surface area contributed by atoms with E-state index in [4.69, 9.17) is 17.3 Å². The van der Waals surface area contributed by atoms with E-state index in [1.165, 1.54) is 12.5 Å². The Bertz CT molecular complexity index is 536. The molecule has 1 aliphatic heterocycles. The minimum absolute atomic E-state index is 0.156. The molecule has 1 heterocycles. The highest BCUT2D eigenvalue weighted by Crippen LogP contribution is 2.33. The molecule has 1 atom stereocenters. The van der Waals surface area contributed by atoms with Gasteiger partial charge in [-0.1, -0.05) is 18.5 Å². The summed E-state index contributed by atoms with van der Waals surface area (Å²) in [4.78, 5) is 15.8. The lowest BCUT2D eigenvalue weighted by Gasteiger charge is -2.30. The molecule has 116 valence electrons. The summed E-state index contributed by atoms with van der Waals surface area (Å²) < 4.78 is 0. The smallest absolute Gasteiger partial charge is 0.337 e. The summed E-state index contributed by atoms with van der Waals surface area (Å²) in [5.74, 6) is -1.01. The Balaban J connectivity index is 2.26. The number of rotatable bonds is 5. The number of likely N-dealkylation sites (tertiary alicyclic amines) is 1. The summed E-state index contributed by atoms with van der Waals surface area (Å²) in [5, 5.41) is 9.76. The number of nitrogen functional groups attached to an aromatic ring is 1. The Morgan fingerprint density at radius 1 is 1.57 bits per heavy atom. The van der Waals surface area contributed by atoms with Gasteiger partial charge in [-0.25, -0.2) is 4.79 Å². The predicted molar refractivity (Wildman–Crippen MR) is 86.4 cm³/mol. The first-order valence-corrected chi connectivity index (χ1v) is 7.59. The first-order chi connectivity index (χ1) is 9.93. The molecule has 1 saturated heterocycles. The second kappa shape index (κ2) is 6.54. The van der Waals surface area contributed by atoms with Crippen molar-refractivity contribution >= 4 is 28.9 Å². The third-order valence-corrected chi connectivity index (χ3v) is 4.38. The van der Waals surface area contributed by atoms with E-state index in [9.17, 15) is 9.90 Å². The molecule has 1 aliphatic rings. The van der Waals surface area contributed by atoms with Crippen LogP contribution in [0.4, 0.5) is 11.4 Å². The molecule has 5 nitrogen and oxygen atoms in total. The van der Waals surface area contributed by atoms with Gasteiger partial charge in [-0.15, -0.1) is 0 Å². The maximum absolute atomic E-state index is 11.4. The SMILES string of the molecule is CCN1CCCC1CN(C)c1c(Cl)cc(N)cc1C(=O)O. The number of hydrogen-bond acceptors (Lipinski definition) is 4. The maximum atomic E-state index is 11.4. The van der Waals surface area contributed by atoms with Crippen molar-refractivity contribution in [2.24, 2.45) is 0 Å². The number of aromatic carboxylic acids is 1. The van der Waals surface area contributed by atoms with Crippen LogP contribution in [0.5, 0.6) is 0 Å². The third-order valence-electron chi connectivity index (χ3n) is 4.09. The summed E-state index contributed by atoms with van der Waals surface area (Å²) in [6, 6.07) is 3.51. The number of likely N-dealkylation sites (N-methyl/N-ethyl adjacent to an activating group) is 2. The molecule has 0 spiro atoms. The molecule has 0 aliphatic carbocycles. The lowest BCUT2D eigenvalue weighted by molar-refractivity contribution is 0.0697. The van der Waals surface area contributed by atoms with Crippen LogP contribution in [0.2, 0.25) is 5.02 Å². The van der Waals surface area contributed by atoms with Gasteiger partial charge in [-0.05, 0) is 38.1 Å². The Kier molecular flexibility index (Phi) is 4.96. The van der Waals surface area contributed by atoms with E-state index < -0.39 is 5.97 Å². The molecular formula is C15H22ClN3O2. The van der Waals surface area contributed by atoms with Crippen LogP contribution in [0.3, 0.4) is 0 Å². The van der Waals surface area contributed by atoms with Crippen LogP contribution in [0.1, 0.15) is 30.1 Å². The van der Waals surface area contributed by atoms with Gasteiger partial charge in [-0.3, -0.25) is 4.90 Å². The van der Waals surface area contributed by atoms with Crippen LogP contribution < -0.4 is 10.6 Å². The van der Waals surface area contributed by atoms with Crippen molar-refractivity contribution in [3.63, 3.8) is 0 Å². The van der Waals surface area contributed by atoms with Crippen LogP contribution in [0.15, 0.2) is 12.1 Å². The lowest BCUT2D eigenvalue weighted by atomic mass is 10.1. The summed E-state index contributed by atoms with van der Waals surface area (Å²) in [6.07, 6.45) is 2.32. The summed E-state index contributed by atoms with van der Waals surface area (Å²) in [5.41, 5.74) is 6.76. The van der Waals surface area contributed by atoms with E-state index in [0.717, 1.165) is 26.1 Å². The highest BCUT2D eigenvalue weighted by Gasteiger charge is 2.26. The molecule has 0 aromatic heterocycles. The monoisotopic (exact) mass is 311 g/mol. The zero-order valence-electron chi connectivity index (χ0n) is 12.5. The molecule has 0 saturated carbocycles. The Morgan fingerprint density at radius 3 is 2.90 bits per heavy atom. The van der Waals surface area contributed by atoms with Gasteiger partial charge in [0.1, 0.15) is 0 Å². The molecule has 0 radical (unpaired) electrons. The van der Waals surface area contributed by atoms with Gasteiger partial charge < -0.3 is 15.7 Å². The Morgan fingerprint density at radius 2 is 2.29 bits per heavy atom. The van der Waals surface area contributed by atoms with Crippen LogP contribution in [0.25, 0.3) is 0 Å². The molecule has 1 aromatic carbocycles. The van der Waals surface area contributed by atoms with E-state index >= 15 is 0 Å². The van der Waals surface area contributed by atoms with Crippen molar-refractivity contribution in [1.29, 1.82) is 0 Å². The first kappa shape index (κ1) is 15.9. The zero-order chi connectivity index (χ0) is 15.6. The molecule has 1 fully saturated rings. The molecule has 3 N–H and O–H groups in total. The van der Waals surface area contributed by atoms with Gasteiger partial charge in [0.05, 0.1) is 16.3 Å². The first-order valence-electron chi connectivity index (χ1n) is 7.21. The number of carboxylic acids is 1. The highest BCUT2D eigenvalue weighted by atomic mass is 35.5. The van der Waals surface area contributed by atoms with Gasteiger partial charge in [0, 0.05) is 25.3 Å². The predicted octanol–water partition coefficient (Wildman–Crippen LogP) is 2.54. The van der Waals surface area contributed by atoms with Crippen molar-refractivity contribution in [1.82, 2.24) is 4.90 Å². The van der Waals surface area contributed by atoms with Gasteiger partial charge in [0.2, 0.25) is 0 Å². The van der Waals surface area contributed by atoms with Crippen LogP contribution in [0, 0.1) is 0 Å². The quantitative estimate of drug-likeness (QED) is 0.818. The Hall–Kier alpha value is -1.46. The van der Waals surface area contributed by atoms with Gasteiger partial charge in [0.25, 0.3) is 0 Å². The second-order valence-corrected chi connectivity index (χ2v) is 5.92. The molecule has 1 aromatic rings. The minimum atomic E-state index is -1.01. The zero-order valence-corrected chi connectivity index (χ0v) is 13.2. The molecular weight excluding hydrogens is 290 g/mol. The van der Waals surface area contributed by atoms with Gasteiger partial charge >= 0.3 is 5.97 Å². The van der Waals surface area contributed by atoms with E-state index in [0.29, 0.717) is 22.4 Å². The van der Waals surface area contributed by atoms with Gasteiger partial charge in [0.15, 0.2) is 0 Å². The molecule has 2 rings (SSSR count). The number of halogens is 1. The van der Waals surface area contributed by atoms with Crippen LogP contribution in [-0.4, -0.2) is 48.7 Å². The maximum Gasteiger partial charge on any atom is 0.337 e. The standard InChI is InChI=1S/C15H22ClN3O2/c1-3-19-6-4-5-11(19)9-18(2)14-12(15(20)21)7-10(17)8-13(14)16/h7-8,11H,3-6,9,17H2,1-2H3,(H,20,21). The number of nitrogens with two attached hydrogens (primary N) is 1. The fourth-order valence-electron chi connectivity index (χ4n) is 3.10. The van der Waals surface area contributed by atoms with E-state index in [-0.39, 0.29) is 5.56 Å². The second-order valence-electron chi connectivity index (χ2n) is 5.51. The fourth-order valence-corrected chi connectivity index (χ4v) is 3.47. The number of hydrogen-bond donors (Lipinski definition) is 2. The topological polar surface area (TPSA) is 69.8 Å². The van der Waals surface area contributed by atoms with E-state index in [2.05, 4.69) is 11.8 Å². The normalized spacial score (nSPS) is 18.9. The highest BCUT2D eigenvalue weighted by molar-refractivity contribution is 6.34. The molecule has 21 heavy (non-hydrogen) atoms. The molecule has 1 unspecified atom stereocenters. The van der Waals surface area contributed by atoms with Crippen molar-refractivity contribution in [2.45, 2.75) is 25.8 Å². The molecule has 0 amide bonds. The van der Waals surface area contributed by atoms with Crippen LogP contribution in [-0.2, 0) is 0 Å². The fraction of sp³-hybridized carbons (Fsp3) is 0.533. The summed E-state index contributed by atoms with van der Waals surface area (Å²) in [7, 11) is 1.88. The van der Waals surface area contributed by atoms with E-state index in [1.54, 1.807) is 6.07 Å². The summed E-state index contributed by atoms with van der Waals surface area (Å²) >= 11 is 6.23. The van der Waals surface area contributed by atoms with E-state index in [1.807, 2.05) is 11.9 Å². The number of carboxylic acid groups (broad SMARTS) is 1. The average Bonchev–Trinajstić information content (AvgIpc) is 2.84.